The minimum absolute atomic E-state index is 0.0276. The van der Waals surface area contributed by atoms with Crippen LogP contribution in [0.3, 0.4) is 0 Å². The first kappa shape index (κ1) is 11.4. The van der Waals surface area contributed by atoms with Gasteiger partial charge in [-0.3, -0.25) is 4.79 Å². The molecule has 1 saturated heterocycles. The molecule has 1 unspecified atom stereocenters. The number of rotatable bonds is 2. The average molecular weight is 240 g/mol. The largest absolute Gasteiger partial charge is 0.325 e. The highest BCUT2D eigenvalue weighted by atomic mass is 35.5. The first-order valence-corrected chi connectivity index (χ1v) is 5.62. The molecule has 0 saturated carbocycles. The molecule has 1 aromatic rings. The predicted octanol–water partition coefficient (Wildman–Crippen LogP) is 1.67. The van der Waals surface area contributed by atoms with E-state index in [9.17, 15) is 4.79 Å². The monoisotopic (exact) mass is 239 g/mol. The molecule has 16 heavy (non-hydrogen) atoms. The van der Waals surface area contributed by atoms with Crippen LogP contribution in [0.2, 0.25) is 5.15 Å². The van der Waals surface area contributed by atoms with Crippen molar-refractivity contribution in [2.75, 3.05) is 18.4 Å². The van der Waals surface area contributed by atoms with Crippen LogP contribution in [-0.4, -0.2) is 24.0 Å². The van der Waals surface area contributed by atoms with E-state index >= 15 is 0 Å². The van der Waals surface area contributed by atoms with Gasteiger partial charge in [0.15, 0.2) is 0 Å². The van der Waals surface area contributed by atoms with E-state index in [4.69, 9.17) is 11.6 Å². The molecule has 2 heterocycles. The van der Waals surface area contributed by atoms with E-state index in [-0.39, 0.29) is 11.3 Å². The molecule has 1 aliphatic heterocycles. The molecule has 1 aliphatic rings. The van der Waals surface area contributed by atoms with Gasteiger partial charge >= 0.3 is 0 Å². The zero-order valence-corrected chi connectivity index (χ0v) is 9.84. The number of amides is 1. The van der Waals surface area contributed by atoms with Crippen molar-refractivity contribution in [1.82, 2.24) is 10.3 Å². The fraction of sp³-hybridized carbons (Fsp3) is 0.455. The molecule has 1 amide bonds. The van der Waals surface area contributed by atoms with Crippen LogP contribution in [0.15, 0.2) is 18.3 Å². The van der Waals surface area contributed by atoms with Crippen molar-refractivity contribution in [3.63, 3.8) is 0 Å². The van der Waals surface area contributed by atoms with Crippen molar-refractivity contribution >= 4 is 23.2 Å². The van der Waals surface area contributed by atoms with Crippen LogP contribution >= 0.6 is 11.6 Å². The van der Waals surface area contributed by atoms with E-state index in [1.54, 1.807) is 18.3 Å². The van der Waals surface area contributed by atoms with Gasteiger partial charge in [0.05, 0.1) is 5.41 Å². The van der Waals surface area contributed by atoms with Gasteiger partial charge < -0.3 is 10.6 Å². The second-order valence-corrected chi connectivity index (χ2v) is 4.70. The molecular formula is C11H14ClN3O. The molecule has 5 heteroatoms. The van der Waals surface area contributed by atoms with Crippen molar-refractivity contribution in [2.45, 2.75) is 13.3 Å². The Labute approximate surface area is 99.4 Å². The van der Waals surface area contributed by atoms with E-state index in [0.717, 1.165) is 19.5 Å². The summed E-state index contributed by atoms with van der Waals surface area (Å²) in [6, 6.07) is 3.38. The lowest BCUT2D eigenvalue weighted by Gasteiger charge is -2.21. The molecule has 86 valence electrons. The van der Waals surface area contributed by atoms with Gasteiger partial charge in [-0.2, -0.15) is 0 Å². The minimum atomic E-state index is -0.324. The Morgan fingerprint density at radius 1 is 1.69 bits per heavy atom. The summed E-state index contributed by atoms with van der Waals surface area (Å²) in [5, 5.41) is 6.44. The van der Waals surface area contributed by atoms with Crippen LogP contribution in [0, 0.1) is 5.41 Å². The lowest BCUT2D eigenvalue weighted by Crippen LogP contribution is -2.35. The molecule has 1 aromatic heterocycles. The highest BCUT2D eigenvalue weighted by Gasteiger charge is 2.36. The highest BCUT2D eigenvalue weighted by molar-refractivity contribution is 6.29. The number of carbonyl (C=O) groups is 1. The van der Waals surface area contributed by atoms with Crippen molar-refractivity contribution in [3.8, 4) is 0 Å². The Morgan fingerprint density at radius 2 is 2.50 bits per heavy atom. The lowest BCUT2D eigenvalue weighted by atomic mass is 9.89. The number of hydrogen-bond acceptors (Lipinski definition) is 3. The quantitative estimate of drug-likeness (QED) is 0.772. The summed E-state index contributed by atoms with van der Waals surface area (Å²) in [6.45, 7) is 3.57. The summed E-state index contributed by atoms with van der Waals surface area (Å²) in [7, 11) is 0. The number of nitrogens with one attached hydrogen (secondary N) is 2. The molecule has 0 bridgehead atoms. The molecule has 0 aliphatic carbocycles. The van der Waals surface area contributed by atoms with Gasteiger partial charge in [-0.25, -0.2) is 4.98 Å². The molecule has 4 nitrogen and oxygen atoms in total. The topological polar surface area (TPSA) is 54.0 Å². The summed E-state index contributed by atoms with van der Waals surface area (Å²) in [6.07, 6.45) is 2.44. The summed E-state index contributed by atoms with van der Waals surface area (Å²) >= 11 is 5.75. The molecule has 0 aromatic carbocycles. The van der Waals surface area contributed by atoms with Crippen LogP contribution in [0.4, 0.5) is 5.69 Å². The van der Waals surface area contributed by atoms with E-state index in [0.29, 0.717) is 10.8 Å². The minimum Gasteiger partial charge on any atom is -0.325 e. The number of nitrogens with zero attached hydrogens (tertiary/aromatic N) is 1. The highest BCUT2D eigenvalue weighted by Crippen LogP contribution is 2.26. The Kier molecular flexibility index (Phi) is 3.12. The first-order chi connectivity index (χ1) is 7.60. The Morgan fingerprint density at radius 3 is 3.12 bits per heavy atom. The molecule has 2 rings (SSSR count). The van der Waals surface area contributed by atoms with Gasteiger partial charge in [-0.1, -0.05) is 11.6 Å². The summed E-state index contributed by atoms with van der Waals surface area (Å²) in [5.41, 5.74) is 0.369. The van der Waals surface area contributed by atoms with Gasteiger partial charge in [0, 0.05) is 18.4 Å². The fourth-order valence-corrected chi connectivity index (χ4v) is 1.95. The Balaban J connectivity index is 2.07. The first-order valence-electron chi connectivity index (χ1n) is 5.24. The summed E-state index contributed by atoms with van der Waals surface area (Å²) < 4.78 is 0. The maximum absolute atomic E-state index is 12.0. The van der Waals surface area contributed by atoms with E-state index in [1.165, 1.54) is 0 Å². The Bertz CT molecular complexity index is 402. The van der Waals surface area contributed by atoms with Crippen molar-refractivity contribution in [1.29, 1.82) is 0 Å². The van der Waals surface area contributed by atoms with Gasteiger partial charge in [-0.15, -0.1) is 0 Å². The fourth-order valence-electron chi connectivity index (χ4n) is 1.77. The van der Waals surface area contributed by atoms with Crippen LogP contribution in [0.25, 0.3) is 0 Å². The number of anilines is 1. The molecular weight excluding hydrogens is 226 g/mol. The number of halogens is 1. The van der Waals surface area contributed by atoms with Gasteiger partial charge in [0.2, 0.25) is 5.91 Å². The van der Waals surface area contributed by atoms with Gasteiger partial charge in [-0.05, 0) is 32.0 Å². The predicted molar refractivity (Wildman–Crippen MR) is 63.5 cm³/mol. The van der Waals surface area contributed by atoms with Crippen molar-refractivity contribution in [2.24, 2.45) is 5.41 Å². The molecule has 0 spiro atoms. The van der Waals surface area contributed by atoms with E-state index < -0.39 is 0 Å². The number of carbonyl (C=O) groups excluding carboxylic acids is 1. The summed E-state index contributed by atoms with van der Waals surface area (Å²) in [4.78, 5) is 15.9. The van der Waals surface area contributed by atoms with E-state index in [2.05, 4.69) is 15.6 Å². The second kappa shape index (κ2) is 4.39. The van der Waals surface area contributed by atoms with Crippen LogP contribution in [0.1, 0.15) is 13.3 Å². The third-order valence-corrected chi connectivity index (χ3v) is 3.11. The van der Waals surface area contributed by atoms with Crippen LogP contribution in [0.5, 0.6) is 0 Å². The molecule has 0 radical (unpaired) electrons. The molecule has 1 atom stereocenters. The second-order valence-electron chi connectivity index (χ2n) is 4.31. The number of aromatic nitrogens is 1. The summed E-state index contributed by atoms with van der Waals surface area (Å²) in [5.74, 6) is 0.0276. The maximum atomic E-state index is 12.0. The van der Waals surface area contributed by atoms with Crippen molar-refractivity contribution < 1.29 is 4.79 Å². The zero-order chi connectivity index (χ0) is 11.6. The van der Waals surface area contributed by atoms with Gasteiger partial charge in [0.25, 0.3) is 0 Å². The SMILES string of the molecule is CC1(C(=O)Nc2ccnc(Cl)c2)CCNC1. The molecule has 1 fully saturated rings. The Hall–Kier alpha value is -1.13. The maximum Gasteiger partial charge on any atom is 0.231 e. The number of hydrogen-bond donors (Lipinski definition) is 2. The third-order valence-electron chi connectivity index (χ3n) is 2.90. The van der Waals surface area contributed by atoms with Gasteiger partial charge in [0.1, 0.15) is 5.15 Å². The van der Waals surface area contributed by atoms with Crippen molar-refractivity contribution in [3.05, 3.63) is 23.5 Å². The lowest BCUT2D eigenvalue weighted by molar-refractivity contribution is -0.123. The third kappa shape index (κ3) is 2.33. The zero-order valence-electron chi connectivity index (χ0n) is 9.09. The molecule has 2 N–H and O–H groups in total. The smallest absolute Gasteiger partial charge is 0.231 e. The standard InChI is InChI=1S/C11H14ClN3O/c1-11(3-5-13-7-11)10(16)15-8-2-4-14-9(12)6-8/h2,4,6,13H,3,5,7H2,1H3,(H,14,15,16). The normalized spacial score (nSPS) is 24.4. The average Bonchev–Trinajstić information content (AvgIpc) is 2.66. The van der Waals surface area contributed by atoms with Crippen LogP contribution in [-0.2, 0) is 4.79 Å². The number of pyridine rings is 1. The van der Waals surface area contributed by atoms with E-state index in [1.807, 2.05) is 6.92 Å². The van der Waals surface area contributed by atoms with Crippen LogP contribution < -0.4 is 10.6 Å².